The summed E-state index contributed by atoms with van der Waals surface area (Å²) in [6, 6.07) is 0.318. The van der Waals surface area contributed by atoms with Gasteiger partial charge in [-0.25, -0.2) is 0 Å². The molecular weight excluding hydrogens is 300 g/mol. The first kappa shape index (κ1) is 20.8. The van der Waals surface area contributed by atoms with Crippen LogP contribution in [0.2, 0.25) is 0 Å². The highest BCUT2D eigenvalue weighted by atomic mass is 16.2. The zero-order valence-electron chi connectivity index (χ0n) is 16.2. The smallest absolute Gasteiger partial charge is 0.222 e. The SMILES string of the molecule is CCCCC(CCC)CN=C(NCC)NC1CCN(C(=O)CC)C1. The van der Waals surface area contributed by atoms with Gasteiger partial charge in [-0.15, -0.1) is 0 Å². The van der Waals surface area contributed by atoms with Crippen LogP contribution in [0.5, 0.6) is 0 Å². The molecule has 1 aliphatic heterocycles. The molecule has 0 aromatic carbocycles. The molecule has 2 N–H and O–H groups in total. The van der Waals surface area contributed by atoms with Gasteiger partial charge in [0, 0.05) is 38.6 Å². The number of carbonyl (C=O) groups excluding carboxylic acids is 1. The van der Waals surface area contributed by atoms with E-state index in [2.05, 4.69) is 31.4 Å². The van der Waals surface area contributed by atoms with Crippen molar-refractivity contribution in [1.82, 2.24) is 15.5 Å². The summed E-state index contributed by atoms with van der Waals surface area (Å²) in [6.07, 6.45) is 7.90. The Labute approximate surface area is 148 Å². The molecule has 0 saturated carbocycles. The molecule has 1 heterocycles. The van der Waals surface area contributed by atoms with E-state index in [1.54, 1.807) is 0 Å². The Balaban J connectivity index is 2.54. The lowest BCUT2D eigenvalue weighted by Crippen LogP contribution is -2.45. The van der Waals surface area contributed by atoms with Gasteiger partial charge in [0.05, 0.1) is 0 Å². The molecule has 5 heteroatoms. The summed E-state index contributed by atoms with van der Waals surface area (Å²) in [4.78, 5) is 18.6. The minimum atomic E-state index is 0.254. The highest BCUT2D eigenvalue weighted by Crippen LogP contribution is 2.15. The second-order valence-electron chi connectivity index (χ2n) is 6.84. The van der Waals surface area contributed by atoms with Crippen molar-refractivity contribution in [1.29, 1.82) is 0 Å². The minimum Gasteiger partial charge on any atom is -0.357 e. The van der Waals surface area contributed by atoms with E-state index >= 15 is 0 Å². The number of aliphatic imine (C=N–C) groups is 1. The Kier molecular flexibility index (Phi) is 10.5. The Morgan fingerprint density at radius 2 is 2.00 bits per heavy atom. The van der Waals surface area contributed by atoms with Gasteiger partial charge in [0.15, 0.2) is 5.96 Å². The standard InChI is InChI=1S/C19H38N4O/c1-5-9-11-16(10-6-2)14-21-19(20-8-4)22-17-12-13-23(15-17)18(24)7-3/h16-17H,5-15H2,1-4H3,(H2,20,21,22). The van der Waals surface area contributed by atoms with E-state index in [0.29, 0.717) is 18.4 Å². The van der Waals surface area contributed by atoms with Crippen LogP contribution in [-0.2, 0) is 4.79 Å². The highest BCUT2D eigenvalue weighted by Gasteiger charge is 2.25. The fourth-order valence-corrected chi connectivity index (χ4v) is 3.29. The zero-order chi connectivity index (χ0) is 17.8. The molecule has 2 atom stereocenters. The third-order valence-corrected chi connectivity index (χ3v) is 4.70. The number of hydrogen-bond donors (Lipinski definition) is 2. The Morgan fingerprint density at radius 1 is 1.21 bits per heavy atom. The van der Waals surface area contributed by atoms with Crippen LogP contribution < -0.4 is 10.6 Å². The number of carbonyl (C=O) groups is 1. The van der Waals surface area contributed by atoms with E-state index in [1.165, 1.54) is 32.1 Å². The molecule has 1 aliphatic rings. The molecule has 0 radical (unpaired) electrons. The molecule has 0 aromatic rings. The number of nitrogens with one attached hydrogen (secondary N) is 2. The predicted molar refractivity (Wildman–Crippen MR) is 102 cm³/mol. The molecule has 5 nitrogen and oxygen atoms in total. The molecule has 0 bridgehead atoms. The lowest BCUT2D eigenvalue weighted by Gasteiger charge is -2.20. The highest BCUT2D eigenvalue weighted by molar-refractivity contribution is 5.80. The van der Waals surface area contributed by atoms with Crippen LogP contribution >= 0.6 is 0 Å². The molecule has 140 valence electrons. The summed E-state index contributed by atoms with van der Waals surface area (Å²) in [5.41, 5.74) is 0. The van der Waals surface area contributed by atoms with Crippen LogP contribution in [0.15, 0.2) is 4.99 Å². The third-order valence-electron chi connectivity index (χ3n) is 4.70. The first-order chi connectivity index (χ1) is 11.6. The van der Waals surface area contributed by atoms with Gasteiger partial charge < -0.3 is 15.5 Å². The van der Waals surface area contributed by atoms with Gasteiger partial charge in [-0.2, -0.15) is 0 Å². The molecule has 2 unspecified atom stereocenters. The maximum Gasteiger partial charge on any atom is 0.222 e. The van der Waals surface area contributed by atoms with Gasteiger partial charge in [0.2, 0.25) is 5.91 Å². The van der Waals surface area contributed by atoms with E-state index in [4.69, 9.17) is 4.99 Å². The maximum absolute atomic E-state index is 11.8. The Hall–Kier alpha value is -1.26. The number of guanidine groups is 1. The van der Waals surface area contributed by atoms with Gasteiger partial charge in [-0.05, 0) is 32.1 Å². The van der Waals surface area contributed by atoms with Crippen LogP contribution in [0.25, 0.3) is 0 Å². The van der Waals surface area contributed by atoms with E-state index < -0.39 is 0 Å². The number of amides is 1. The van der Waals surface area contributed by atoms with Crippen LogP contribution in [-0.4, -0.2) is 49.0 Å². The van der Waals surface area contributed by atoms with Gasteiger partial charge in [0.25, 0.3) is 0 Å². The fourth-order valence-electron chi connectivity index (χ4n) is 3.29. The number of unbranched alkanes of at least 4 members (excludes halogenated alkanes) is 1. The van der Waals surface area contributed by atoms with Crippen molar-refractivity contribution < 1.29 is 4.79 Å². The van der Waals surface area contributed by atoms with Gasteiger partial charge in [0.1, 0.15) is 0 Å². The van der Waals surface area contributed by atoms with Crippen molar-refractivity contribution in [2.45, 2.75) is 78.7 Å². The van der Waals surface area contributed by atoms with Gasteiger partial charge in [-0.1, -0.05) is 40.0 Å². The summed E-state index contributed by atoms with van der Waals surface area (Å²) in [5.74, 6) is 1.85. The predicted octanol–water partition coefficient (Wildman–Crippen LogP) is 3.16. The number of nitrogens with zero attached hydrogens (tertiary/aromatic N) is 2. The minimum absolute atomic E-state index is 0.254. The van der Waals surface area contributed by atoms with Gasteiger partial charge in [-0.3, -0.25) is 9.79 Å². The Bertz CT molecular complexity index is 384. The first-order valence-electron chi connectivity index (χ1n) is 9.97. The number of likely N-dealkylation sites (tertiary alicyclic amines) is 1. The molecule has 0 aliphatic carbocycles. The summed E-state index contributed by atoms with van der Waals surface area (Å²) < 4.78 is 0. The van der Waals surface area contributed by atoms with Crippen molar-refractivity contribution in [3.8, 4) is 0 Å². The topological polar surface area (TPSA) is 56.7 Å². The van der Waals surface area contributed by atoms with E-state index in [0.717, 1.165) is 38.6 Å². The number of rotatable bonds is 10. The average molecular weight is 339 g/mol. The molecule has 1 saturated heterocycles. The zero-order valence-corrected chi connectivity index (χ0v) is 16.2. The largest absolute Gasteiger partial charge is 0.357 e. The van der Waals surface area contributed by atoms with Crippen molar-refractivity contribution in [3.63, 3.8) is 0 Å². The van der Waals surface area contributed by atoms with E-state index in [-0.39, 0.29) is 5.91 Å². The molecule has 1 amide bonds. The fraction of sp³-hybridized carbons (Fsp3) is 0.895. The monoisotopic (exact) mass is 338 g/mol. The van der Waals surface area contributed by atoms with Crippen molar-refractivity contribution in [2.75, 3.05) is 26.2 Å². The molecular formula is C19H38N4O. The quantitative estimate of drug-likeness (QED) is 0.475. The maximum atomic E-state index is 11.8. The van der Waals surface area contributed by atoms with E-state index in [9.17, 15) is 4.79 Å². The van der Waals surface area contributed by atoms with Gasteiger partial charge >= 0.3 is 0 Å². The lowest BCUT2D eigenvalue weighted by atomic mass is 9.97. The second kappa shape index (κ2) is 12.2. The normalized spacial score (nSPS) is 19.4. The van der Waals surface area contributed by atoms with Crippen molar-refractivity contribution in [3.05, 3.63) is 0 Å². The second-order valence-corrected chi connectivity index (χ2v) is 6.84. The molecule has 0 aromatic heterocycles. The van der Waals surface area contributed by atoms with Crippen LogP contribution in [0.1, 0.15) is 72.6 Å². The van der Waals surface area contributed by atoms with Crippen molar-refractivity contribution in [2.24, 2.45) is 10.9 Å². The molecule has 24 heavy (non-hydrogen) atoms. The third kappa shape index (κ3) is 7.54. The summed E-state index contributed by atoms with van der Waals surface area (Å²) in [5, 5.41) is 6.88. The summed E-state index contributed by atoms with van der Waals surface area (Å²) in [7, 11) is 0. The van der Waals surface area contributed by atoms with Crippen LogP contribution in [0, 0.1) is 5.92 Å². The summed E-state index contributed by atoms with van der Waals surface area (Å²) in [6.45, 7) is 11.9. The van der Waals surface area contributed by atoms with Crippen molar-refractivity contribution >= 4 is 11.9 Å². The number of hydrogen-bond acceptors (Lipinski definition) is 2. The van der Waals surface area contributed by atoms with Crippen LogP contribution in [0.3, 0.4) is 0 Å². The summed E-state index contributed by atoms with van der Waals surface area (Å²) >= 11 is 0. The molecule has 1 fully saturated rings. The first-order valence-corrected chi connectivity index (χ1v) is 9.97. The van der Waals surface area contributed by atoms with E-state index in [1.807, 2.05) is 11.8 Å². The average Bonchev–Trinajstić information content (AvgIpc) is 3.05. The Morgan fingerprint density at radius 3 is 2.62 bits per heavy atom. The molecule has 1 rings (SSSR count). The molecule has 0 spiro atoms. The lowest BCUT2D eigenvalue weighted by molar-refractivity contribution is -0.129. The van der Waals surface area contributed by atoms with Crippen LogP contribution in [0.4, 0.5) is 0 Å².